The highest BCUT2D eigenvalue weighted by Gasteiger charge is 2.34. The molecule has 118 valence electrons. The van der Waals surface area contributed by atoms with E-state index in [0.29, 0.717) is 18.7 Å². The molecular weight excluding hydrogens is 298 g/mol. The van der Waals surface area contributed by atoms with Crippen molar-refractivity contribution in [3.8, 4) is 0 Å². The van der Waals surface area contributed by atoms with Gasteiger partial charge in [0.1, 0.15) is 5.76 Å². The average molecular weight is 317 g/mol. The van der Waals surface area contributed by atoms with Gasteiger partial charge in [-0.25, -0.2) is 13.1 Å². The molecule has 0 radical (unpaired) electrons. The third-order valence-corrected chi connectivity index (χ3v) is 4.05. The van der Waals surface area contributed by atoms with Crippen molar-refractivity contribution in [2.24, 2.45) is 5.92 Å². The minimum atomic E-state index is -3.40. The Balaban J connectivity index is 1.89. The minimum Gasteiger partial charge on any atom is -0.391 e. The summed E-state index contributed by atoms with van der Waals surface area (Å²) < 4.78 is 29.2. The molecule has 1 amide bonds. The number of aliphatic hydroxyl groups excluding tert-OH is 1. The molecule has 0 unspecified atom stereocenters. The summed E-state index contributed by atoms with van der Waals surface area (Å²) in [6.45, 7) is 2.08. The van der Waals surface area contributed by atoms with E-state index in [1.165, 1.54) is 4.90 Å². The number of hydrogen-bond acceptors (Lipinski definition) is 6. The quantitative estimate of drug-likeness (QED) is 0.712. The third kappa shape index (κ3) is 4.51. The molecule has 2 heterocycles. The molecule has 8 nitrogen and oxygen atoms in total. The SMILES string of the molecule is Cc1cc(C[C@@H]2CN(C(=O)CNS(C)(=O)=O)C[C@@H]2O)on1. The van der Waals surface area contributed by atoms with Gasteiger partial charge in [0.2, 0.25) is 15.9 Å². The summed E-state index contributed by atoms with van der Waals surface area (Å²) in [5, 5.41) is 13.8. The maximum Gasteiger partial charge on any atom is 0.237 e. The van der Waals surface area contributed by atoms with Gasteiger partial charge >= 0.3 is 0 Å². The number of amides is 1. The Morgan fingerprint density at radius 2 is 2.29 bits per heavy atom. The van der Waals surface area contributed by atoms with Crippen molar-refractivity contribution in [2.75, 3.05) is 25.9 Å². The number of sulfonamides is 1. The summed E-state index contributed by atoms with van der Waals surface area (Å²) in [6.07, 6.45) is 0.831. The van der Waals surface area contributed by atoms with E-state index in [1.54, 1.807) is 6.07 Å². The molecule has 1 aromatic rings. The van der Waals surface area contributed by atoms with Crippen LogP contribution >= 0.6 is 0 Å². The van der Waals surface area contributed by atoms with E-state index in [-0.39, 0.29) is 24.9 Å². The molecular formula is C12H19N3O5S. The first kappa shape index (κ1) is 15.9. The van der Waals surface area contributed by atoms with E-state index in [1.807, 2.05) is 6.92 Å². The third-order valence-electron chi connectivity index (χ3n) is 3.38. The summed E-state index contributed by atoms with van der Waals surface area (Å²) in [5.41, 5.74) is 0.766. The first-order valence-corrected chi connectivity index (χ1v) is 8.46. The largest absolute Gasteiger partial charge is 0.391 e. The lowest BCUT2D eigenvalue weighted by atomic mass is 10.0. The number of aryl methyl sites for hydroxylation is 1. The molecule has 0 spiro atoms. The van der Waals surface area contributed by atoms with Gasteiger partial charge in [-0.1, -0.05) is 5.16 Å². The number of carbonyl (C=O) groups excluding carboxylic acids is 1. The van der Waals surface area contributed by atoms with Gasteiger partial charge in [0.05, 0.1) is 24.6 Å². The van der Waals surface area contributed by atoms with E-state index >= 15 is 0 Å². The second-order valence-corrected chi connectivity index (χ2v) is 7.19. The van der Waals surface area contributed by atoms with Crippen LogP contribution in [-0.2, 0) is 21.2 Å². The first-order chi connectivity index (χ1) is 9.74. The van der Waals surface area contributed by atoms with Gasteiger partial charge in [0.15, 0.2) is 0 Å². The van der Waals surface area contributed by atoms with Gasteiger partial charge < -0.3 is 14.5 Å². The lowest BCUT2D eigenvalue weighted by molar-refractivity contribution is -0.129. The van der Waals surface area contributed by atoms with E-state index in [0.717, 1.165) is 11.9 Å². The monoisotopic (exact) mass is 317 g/mol. The first-order valence-electron chi connectivity index (χ1n) is 6.57. The fourth-order valence-electron chi connectivity index (χ4n) is 2.33. The zero-order chi connectivity index (χ0) is 15.6. The van der Waals surface area contributed by atoms with Crippen LogP contribution in [0.15, 0.2) is 10.6 Å². The van der Waals surface area contributed by atoms with E-state index in [4.69, 9.17) is 4.52 Å². The standard InChI is InChI=1S/C12H19N3O5S/c1-8-3-10(20-14-8)4-9-6-15(7-11(9)16)12(17)5-13-21(2,18)19/h3,9,11,13,16H,4-7H2,1-2H3/t9-,11+/m1/s1. The van der Waals surface area contributed by atoms with Crippen LogP contribution in [-0.4, -0.2) is 61.5 Å². The smallest absolute Gasteiger partial charge is 0.237 e. The fourth-order valence-corrected chi connectivity index (χ4v) is 2.72. The van der Waals surface area contributed by atoms with E-state index < -0.39 is 16.1 Å². The summed E-state index contributed by atoms with van der Waals surface area (Å²) in [7, 11) is -3.40. The Labute approximate surface area is 123 Å². The van der Waals surface area contributed by atoms with E-state index in [9.17, 15) is 18.3 Å². The van der Waals surface area contributed by atoms with Crippen LogP contribution in [0, 0.1) is 12.8 Å². The summed E-state index contributed by atoms with van der Waals surface area (Å²) >= 11 is 0. The van der Waals surface area contributed by atoms with Gasteiger partial charge in [-0.3, -0.25) is 4.79 Å². The Bertz CT molecular complexity index is 612. The van der Waals surface area contributed by atoms with Crippen molar-refractivity contribution in [1.82, 2.24) is 14.8 Å². The number of hydrogen-bond donors (Lipinski definition) is 2. The van der Waals surface area contributed by atoms with Crippen molar-refractivity contribution in [2.45, 2.75) is 19.4 Å². The molecule has 0 bridgehead atoms. The molecule has 1 aliphatic heterocycles. The topological polar surface area (TPSA) is 113 Å². The van der Waals surface area contributed by atoms with Crippen molar-refractivity contribution in [3.05, 3.63) is 17.5 Å². The Morgan fingerprint density at radius 3 is 2.86 bits per heavy atom. The normalized spacial score (nSPS) is 22.7. The number of aliphatic hydroxyl groups is 1. The molecule has 2 atom stereocenters. The second-order valence-electron chi connectivity index (χ2n) is 5.36. The number of aromatic nitrogens is 1. The highest BCUT2D eigenvalue weighted by atomic mass is 32.2. The number of β-amino-alcohol motifs (C(OH)–C–C–N with tert-alkyl or cyclic N) is 1. The van der Waals surface area contributed by atoms with Crippen molar-refractivity contribution >= 4 is 15.9 Å². The molecule has 21 heavy (non-hydrogen) atoms. The van der Waals surface area contributed by atoms with Crippen molar-refractivity contribution in [3.63, 3.8) is 0 Å². The molecule has 1 aromatic heterocycles. The molecule has 2 rings (SSSR count). The molecule has 1 fully saturated rings. The van der Waals surface area contributed by atoms with Crippen LogP contribution in [0.4, 0.5) is 0 Å². The number of carbonyl (C=O) groups is 1. The van der Waals surface area contributed by atoms with Gasteiger partial charge in [-0.15, -0.1) is 0 Å². The molecule has 1 aliphatic rings. The Hall–Kier alpha value is -1.45. The molecule has 0 saturated carbocycles. The average Bonchev–Trinajstić information content (AvgIpc) is 2.93. The predicted octanol–water partition coefficient (Wildman–Crippen LogP) is -1.11. The predicted molar refractivity (Wildman–Crippen MR) is 73.9 cm³/mol. The minimum absolute atomic E-state index is 0.139. The van der Waals surface area contributed by atoms with Crippen LogP contribution in [0.1, 0.15) is 11.5 Å². The summed E-state index contributed by atoms with van der Waals surface area (Å²) in [5.74, 6) is 0.176. The van der Waals surface area contributed by atoms with Crippen LogP contribution < -0.4 is 4.72 Å². The fraction of sp³-hybridized carbons (Fsp3) is 0.667. The lowest BCUT2D eigenvalue weighted by Crippen LogP contribution is -2.39. The van der Waals surface area contributed by atoms with Gasteiger partial charge in [0, 0.05) is 31.5 Å². The number of likely N-dealkylation sites (tertiary alicyclic amines) is 1. The maximum atomic E-state index is 11.9. The Kier molecular flexibility index (Phi) is 4.64. The zero-order valence-electron chi connectivity index (χ0n) is 11.9. The maximum absolute atomic E-state index is 11.9. The molecule has 2 N–H and O–H groups in total. The molecule has 1 saturated heterocycles. The molecule has 9 heteroatoms. The summed E-state index contributed by atoms with van der Waals surface area (Å²) in [6, 6.07) is 1.79. The molecule has 0 aliphatic carbocycles. The van der Waals surface area contributed by atoms with Crippen molar-refractivity contribution in [1.29, 1.82) is 0 Å². The molecule has 0 aromatic carbocycles. The van der Waals surface area contributed by atoms with Crippen LogP contribution in [0.25, 0.3) is 0 Å². The summed E-state index contributed by atoms with van der Waals surface area (Å²) in [4.78, 5) is 13.3. The lowest BCUT2D eigenvalue weighted by Gasteiger charge is -2.15. The van der Waals surface area contributed by atoms with Gasteiger partial charge in [-0.2, -0.15) is 0 Å². The number of nitrogens with zero attached hydrogens (tertiary/aromatic N) is 2. The van der Waals surface area contributed by atoms with Crippen LogP contribution in [0.5, 0.6) is 0 Å². The van der Waals surface area contributed by atoms with Crippen LogP contribution in [0.3, 0.4) is 0 Å². The number of nitrogens with one attached hydrogen (secondary N) is 1. The van der Waals surface area contributed by atoms with Crippen molar-refractivity contribution < 1.29 is 22.8 Å². The Morgan fingerprint density at radius 1 is 1.57 bits per heavy atom. The number of rotatable bonds is 5. The van der Waals surface area contributed by atoms with Gasteiger partial charge in [-0.05, 0) is 6.92 Å². The second kappa shape index (κ2) is 6.12. The highest BCUT2D eigenvalue weighted by molar-refractivity contribution is 7.88. The van der Waals surface area contributed by atoms with Gasteiger partial charge in [0.25, 0.3) is 0 Å². The zero-order valence-corrected chi connectivity index (χ0v) is 12.8. The van der Waals surface area contributed by atoms with Crippen LogP contribution in [0.2, 0.25) is 0 Å². The van der Waals surface area contributed by atoms with E-state index in [2.05, 4.69) is 9.88 Å². The highest BCUT2D eigenvalue weighted by Crippen LogP contribution is 2.22.